The number of hydrogen-bond acceptors (Lipinski definition) is 3. The Hall–Kier alpha value is -3.18. The van der Waals surface area contributed by atoms with Crippen molar-refractivity contribution in [1.82, 2.24) is 14.8 Å². The zero-order valence-corrected chi connectivity index (χ0v) is 16.2. The maximum absolute atomic E-state index is 13.4. The molecule has 0 radical (unpaired) electrons. The fraction of sp³-hybridized carbons (Fsp3) is 0.222. The van der Waals surface area contributed by atoms with Gasteiger partial charge >= 0.3 is 6.18 Å². The van der Waals surface area contributed by atoms with Crippen LogP contribution in [0, 0.1) is 0 Å². The van der Waals surface area contributed by atoms with Gasteiger partial charge in [0.25, 0.3) is 5.91 Å². The van der Waals surface area contributed by atoms with Crippen molar-refractivity contribution in [3.8, 4) is 5.69 Å². The van der Waals surface area contributed by atoms with Crippen molar-refractivity contribution in [3.05, 3.63) is 53.5 Å². The molecule has 2 heterocycles. The highest BCUT2D eigenvalue weighted by molar-refractivity contribution is 6.03. The topological polar surface area (TPSA) is 144 Å². The Kier molecular flexibility index (Phi) is 6.38. The van der Waals surface area contributed by atoms with Crippen LogP contribution in [0.4, 0.5) is 13.2 Å². The number of halogens is 4. The quantitative estimate of drug-likeness (QED) is 0.472. The van der Waals surface area contributed by atoms with Crippen LogP contribution < -0.4 is 11.5 Å². The van der Waals surface area contributed by atoms with Gasteiger partial charge in [0.15, 0.2) is 5.96 Å². The number of carbonyl (C=O) groups is 1. The van der Waals surface area contributed by atoms with Gasteiger partial charge in [-0.3, -0.25) is 9.78 Å². The minimum atomic E-state index is -4.54. The molecule has 6 N–H and O–H groups in total. The zero-order valence-electron chi connectivity index (χ0n) is 15.3. The van der Waals surface area contributed by atoms with E-state index in [-0.39, 0.29) is 35.1 Å². The Morgan fingerprint density at radius 2 is 1.93 bits per heavy atom. The summed E-state index contributed by atoms with van der Waals surface area (Å²) in [5, 5.41) is 4.51. The van der Waals surface area contributed by atoms with Crippen LogP contribution in [0.25, 0.3) is 16.6 Å². The largest absolute Gasteiger partial charge is 0.416 e. The van der Waals surface area contributed by atoms with E-state index in [1.165, 1.54) is 17.1 Å². The smallest absolute Gasteiger partial charge is 0.412 e. The van der Waals surface area contributed by atoms with Gasteiger partial charge in [-0.15, -0.1) is 12.4 Å². The average Bonchev–Trinajstić information content (AvgIpc) is 3.37. The third-order valence-corrected chi connectivity index (χ3v) is 4.47. The summed E-state index contributed by atoms with van der Waals surface area (Å²) in [5.41, 5.74) is 10.9. The van der Waals surface area contributed by atoms with Crippen molar-refractivity contribution in [1.29, 1.82) is 0 Å². The van der Waals surface area contributed by atoms with Crippen molar-refractivity contribution >= 4 is 35.2 Å². The van der Waals surface area contributed by atoms with Crippen LogP contribution in [0.5, 0.6) is 0 Å². The molecule has 8 nitrogen and oxygen atoms in total. The van der Waals surface area contributed by atoms with E-state index >= 15 is 0 Å². The first kappa shape index (κ1) is 23.1. The lowest BCUT2D eigenvalue weighted by atomic mass is 10.1. The maximum atomic E-state index is 13.4. The van der Waals surface area contributed by atoms with E-state index in [1.807, 2.05) is 0 Å². The molecule has 30 heavy (non-hydrogen) atoms. The molecule has 0 spiro atoms. The normalized spacial score (nSPS) is 13.3. The minimum Gasteiger partial charge on any atom is -0.412 e. The first-order chi connectivity index (χ1) is 13.3. The SMILES string of the molecule is Cl.NC(N)=NC(=O)c1cnn(-c2cc(C(F)(F)F)cc3cccnc23)c1C1CC1.O. The summed E-state index contributed by atoms with van der Waals surface area (Å²) < 4.78 is 41.6. The standard InChI is InChI=1S/C18H15F3N6O.ClH.H2O/c19-18(20,21)11-6-10-2-1-5-24-14(10)13(7-11)27-15(9-3-4-9)12(8-25-27)16(28)26-17(22)23;;/h1-2,5-9H,3-4H2,(H4,22,23,26,28);1H;1H2. The molecule has 1 aliphatic rings. The number of guanidine groups is 1. The lowest BCUT2D eigenvalue weighted by molar-refractivity contribution is -0.137. The number of fused-ring (bicyclic) bond motifs is 1. The highest BCUT2D eigenvalue weighted by Crippen LogP contribution is 2.43. The number of carbonyl (C=O) groups excluding carboxylic acids is 1. The van der Waals surface area contributed by atoms with Gasteiger partial charge in [-0.1, -0.05) is 6.07 Å². The van der Waals surface area contributed by atoms with Gasteiger partial charge in [0.1, 0.15) is 0 Å². The van der Waals surface area contributed by atoms with Gasteiger partial charge < -0.3 is 16.9 Å². The second-order valence-electron chi connectivity index (χ2n) is 6.54. The minimum absolute atomic E-state index is 0. The van der Waals surface area contributed by atoms with Crippen molar-refractivity contribution in [2.45, 2.75) is 24.9 Å². The van der Waals surface area contributed by atoms with Crippen LogP contribution in [-0.4, -0.2) is 32.1 Å². The summed E-state index contributed by atoms with van der Waals surface area (Å²) in [5.74, 6) is -1.09. The Labute approximate surface area is 174 Å². The van der Waals surface area contributed by atoms with Gasteiger partial charge in [0, 0.05) is 17.5 Å². The number of hydrogen-bond donors (Lipinski definition) is 2. The molecule has 1 amide bonds. The number of alkyl halides is 3. The number of pyridine rings is 1. The van der Waals surface area contributed by atoms with Gasteiger partial charge in [-0.05, 0) is 31.0 Å². The molecule has 0 aliphatic heterocycles. The average molecular weight is 443 g/mol. The zero-order chi connectivity index (χ0) is 20.1. The second kappa shape index (κ2) is 8.28. The molecule has 4 rings (SSSR count). The van der Waals surface area contributed by atoms with Crippen LogP contribution in [0.3, 0.4) is 0 Å². The van der Waals surface area contributed by atoms with Crippen molar-refractivity contribution in [2.24, 2.45) is 16.5 Å². The molecule has 2 aromatic heterocycles. The number of nitrogens with two attached hydrogens (primary N) is 2. The van der Waals surface area contributed by atoms with Crippen molar-refractivity contribution in [2.75, 3.05) is 0 Å². The van der Waals surface area contributed by atoms with E-state index in [0.29, 0.717) is 16.6 Å². The van der Waals surface area contributed by atoms with Gasteiger partial charge in [-0.25, -0.2) is 4.68 Å². The summed E-state index contributed by atoms with van der Waals surface area (Å²) in [6, 6.07) is 5.14. The predicted octanol–water partition coefficient (Wildman–Crippen LogP) is 2.33. The molecule has 12 heteroatoms. The van der Waals surface area contributed by atoms with Crippen LogP contribution in [0.2, 0.25) is 0 Å². The molecule has 0 unspecified atom stereocenters. The molecule has 1 aliphatic carbocycles. The highest BCUT2D eigenvalue weighted by atomic mass is 35.5. The number of amides is 1. The van der Waals surface area contributed by atoms with Crippen LogP contribution in [-0.2, 0) is 6.18 Å². The van der Waals surface area contributed by atoms with Gasteiger partial charge in [0.2, 0.25) is 0 Å². The van der Waals surface area contributed by atoms with Gasteiger partial charge in [0.05, 0.1) is 34.2 Å². The first-order valence-corrected chi connectivity index (χ1v) is 8.44. The molecule has 0 atom stereocenters. The Balaban J connectivity index is 0.00000160. The summed E-state index contributed by atoms with van der Waals surface area (Å²) in [4.78, 5) is 20.1. The van der Waals surface area contributed by atoms with E-state index in [1.54, 1.807) is 12.1 Å². The third-order valence-electron chi connectivity index (χ3n) is 4.47. The molecule has 1 fully saturated rings. The van der Waals surface area contributed by atoms with E-state index in [4.69, 9.17) is 11.5 Å². The van der Waals surface area contributed by atoms with Crippen LogP contribution in [0.1, 0.15) is 40.4 Å². The summed E-state index contributed by atoms with van der Waals surface area (Å²) in [6.07, 6.45) is -0.193. The van der Waals surface area contributed by atoms with E-state index < -0.39 is 23.6 Å². The summed E-state index contributed by atoms with van der Waals surface area (Å²) in [7, 11) is 0. The summed E-state index contributed by atoms with van der Waals surface area (Å²) in [6.45, 7) is 0. The monoisotopic (exact) mass is 442 g/mol. The van der Waals surface area contributed by atoms with Crippen LogP contribution >= 0.6 is 12.4 Å². The highest BCUT2D eigenvalue weighted by Gasteiger charge is 2.35. The molecule has 3 aromatic rings. The first-order valence-electron chi connectivity index (χ1n) is 8.44. The predicted molar refractivity (Wildman–Crippen MR) is 107 cm³/mol. The van der Waals surface area contributed by atoms with E-state index in [2.05, 4.69) is 15.1 Å². The second-order valence-corrected chi connectivity index (χ2v) is 6.54. The van der Waals surface area contributed by atoms with Crippen molar-refractivity contribution in [3.63, 3.8) is 0 Å². The Bertz CT molecular complexity index is 1120. The number of nitrogens with zero attached hydrogens (tertiary/aromatic N) is 4. The molecule has 1 saturated carbocycles. The Morgan fingerprint density at radius 3 is 2.53 bits per heavy atom. The molecular formula is C18H18ClF3N6O2. The van der Waals surface area contributed by atoms with Crippen molar-refractivity contribution < 1.29 is 23.4 Å². The van der Waals surface area contributed by atoms with E-state index in [0.717, 1.165) is 25.0 Å². The van der Waals surface area contributed by atoms with Gasteiger partial charge in [-0.2, -0.15) is 23.3 Å². The molecule has 1 aromatic carbocycles. The molecule has 0 bridgehead atoms. The van der Waals surface area contributed by atoms with Crippen LogP contribution in [0.15, 0.2) is 41.7 Å². The maximum Gasteiger partial charge on any atom is 0.416 e. The third kappa shape index (κ3) is 4.21. The lowest BCUT2D eigenvalue weighted by Gasteiger charge is -2.14. The summed E-state index contributed by atoms with van der Waals surface area (Å²) >= 11 is 0. The fourth-order valence-corrected chi connectivity index (χ4v) is 3.14. The Morgan fingerprint density at radius 1 is 1.23 bits per heavy atom. The van der Waals surface area contributed by atoms with E-state index in [9.17, 15) is 18.0 Å². The number of benzene rings is 1. The number of rotatable bonds is 3. The molecule has 0 saturated heterocycles. The number of aromatic nitrogens is 3. The fourth-order valence-electron chi connectivity index (χ4n) is 3.14. The lowest BCUT2D eigenvalue weighted by Crippen LogP contribution is -2.24. The molecule has 160 valence electrons. The molecular weight excluding hydrogens is 425 g/mol. The number of aliphatic imine (C=N–C) groups is 1.